The number of hydrogen-bond acceptors (Lipinski definition) is 6. The first kappa shape index (κ1) is 24.0. The summed E-state index contributed by atoms with van der Waals surface area (Å²) in [7, 11) is 0. The number of nitrogens with zero attached hydrogens (tertiary/aromatic N) is 3. The number of fused-ring (bicyclic) bond motifs is 9. The van der Waals surface area contributed by atoms with Gasteiger partial charge in [0.2, 0.25) is 0 Å². The van der Waals surface area contributed by atoms with E-state index in [2.05, 4.69) is 72.8 Å². The van der Waals surface area contributed by atoms with Gasteiger partial charge in [-0.2, -0.15) is 0 Å². The molecule has 4 heterocycles. The van der Waals surface area contributed by atoms with Crippen molar-refractivity contribution < 1.29 is 11.3 Å². The number of thiophene rings is 2. The van der Waals surface area contributed by atoms with Gasteiger partial charge in [-0.25, -0.2) is 15.0 Å². The Kier molecular flexibility index (Phi) is 5.25. The molecule has 11 aromatic rings. The Bertz CT molecular complexity index is 3430. The van der Waals surface area contributed by atoms with E-state index < -0.39 is 18.1 Å². The molecule has 4 aromatic heterocycles. The van der Waals surface area contributed by atoms with Crippen LogP contribution in [0.4, 0.5) is 0 Å². The maximum absolute atomic E-state index is 8.76. The highest BCUT2D eigenvalue weighted by Crippen LogP contribution is 2.43. The average molecular weight is 693 g/mol. The first-order chi connectivity index (χ1) is 27.3. The van der Waals surface area contributed by atoms with Crippen LogP contribution >= 0.6 is 22.7 Å². The summed E-state index contributed by atoms with van der Waals surface area (Å²) in [5.74, 6) is 0.609. The summed E-state index contributed by atoms with van der Waals surface area (Å²) in [6.45, 7) is 0. The molecule has 0 aliphatic carbocycles. The van der Waals surface area contributed by atoms with Gasteiger partial charge in [-0.1, -0.05) is 109 Å². The molecule has 0 unspecified atom stereocenters. The second kappa shape index (κ2) is 11.2. The van der Waals surface area contributed by atoms with Crippen molar-refractivity contribution in [3.05, 3.63) is 152 Å². The van der Waals surface area contributed by atoms with Crippen LogP contribution in [0.5, 0.6) is 0 Å². The van der Waals surface area contributed by atoms with Crippen molar-refractivity contribution in [1.82, 2.24) is 15.0 Å². The molecule has 0 fully saturated rings. The predicted molar refractivity (Wildman–Crippen MR) is 215 cm³/mol. The van der Waals surface area contributed by atoms with E-state index in [4.69, 9.17) is 26.2 Å². The smallest absolute Gasteiger partial charge is 0.165 e. The van der Waals surface area contributed by atoms with E-state index in [1.165, 1.54) is 25.7 Å². The van der Waals surface area contributed by atoms with Crippen LogP contribution in [0.3, 0.4) is 0 Å². The quantitative estimate of drug-likeness (QED) is 0.184. The molecule has 0 bridgehead atoms. The van der Waals surface area contributed by atoms with Crippen LogP contribution in [0.1, 0.15) is 6.85 Å². The normalized spacial score (nSPS) is 13.3. The minimum absolute atomic E-state index is 0.00938. The first-order valence-electron chi connectivity index (χ1n) is 18.9. The molecule has 0 aliphatic heterocycles. The van der Waals surface area contributed by atoms with Crippen molar-refractivity contribution in [3.63, 3.8) is 0 Å². The molecule has 0 N–H and O–H groups in total. The van der Waals surface area contributed by atoms with Crippen LogP contribution < -0.4 is 0 Å². The zero-order valence-corrected chi connectivity index (χ0v) is 28.2. The van der Waals surface area contributed by atoms with Crippen molar-refractivity contribution in [2.24, 2.45) is 0 Å². The molecule has 0 aliphatic rings. The lowest BCUT2D eigenvalue weighted by Crippen LogP contribution is -2.00. The van der Waals surface area contributed by atoms with Crippen LogP contribution in [0.2, 0.25) is 0 Å². The van der Waals surface area contributed by atoms with E-state index in [1.807, 2.05) is 48.5 Å². The fraction of sp³-hybridized carbons (Fsp3) is 0. The van der Waals surface area contributed by atoms with Crippen molar-refractivity contribution in [1.29, 1.82) is 0 Å². The molecule has 0 saturated carbocycles. The van der Waals surface area contributed by atoms with E-state index >= 15 is 0 Å². The highest BCUT2D eigenvalue weighted by Gasteiger charge is 2.18. The van der Waals surface area contributed by atoms with Crippen molar-refractivity contribution in [3.8, 4) is 45.3 Å². The van der Waals surface area contributed by atoms with Gasteiger partial charge in [-0.3, -0.25) is 0 Å². The van der Waals surface area contributed by atoms with Gasteiger partial charge < -0.3 is 4.42 Å². The van der Waals surface area contributed by atoms with Crippen molar-refractivity contribution in [2.75, 3.05) is 0 Å². The Labute approximate surface area is 307 Å². The van der Waals surface area contributed by atoms with Gasteiger partial charge in [0, 0.05) is 67.8 Å². The van der Waals surface area contributed by atoms with Crippen LogP contribution in [-0.4, -0.2) is 15.0 Å². The van der Waals surface area contributed by atoms with Crippen molar-refractivity contribution >= 4 is 85.0 Å². The third kappa shape index (κ3) is 4.54. The lowest BCUT2D eigenvalue weighted by Gasteiger charge is -2.09. The molecule has 0 saturated heterocycles. The lowest BCUT2D eigenvalue weighted by atomic mass is 10.0. The van der Waals surface area contributed by atoms with E-state index in [1.54, 1.807) is 22.7 Å². The first-order valence-corrected chi connectivity index (χ1v) is 18.1. The topological polar surface area (TPSA) is 51.8 Å². The molecule has 0 amide bonds. The fourth-order valence-corrected chi connectivity index (χ4v) is 9.53. The fourth-order valence-electron chi connectivity index (χ4n) is 7.08. The highest BCUT2D eigenvalue weighted by atomic mass is 32.1. The van der Waals surface area contributed by atoms with Gasteiger partial charge in [-0.05, 0) is 53.6 Å². The van der Waals surface area contributed by atoms with Gasteiger partial charge in [0.05, 0.1) is 6.85 Å². The Balaban J connectivity index is 1.10. The second-order valence-electron chi connectivity index (χ2n) is 12.4. The number of benzene rings is 7. The summed E-state index contributed by atoms with van der Waals surface area (Å²) in [6.07, 6.45) is 0. The van der Waals surface area contributed by atoms with Gasteiger partial charge in [-0.15, -0.1) is 22.7 Å². The summed E-state index contributed by atoms with van der Waals surface area (Å²) in [5, 5.41) is 6.59. The third-order valence-corrected chi connectivity index (χ3v) is 11.9. The summed E-state index contributed by atoms with van der Waals surface area (Å²) >= 11 is 3.43. The Morgan fingerprint density at radius 2 is 1.04 bits per heavy atom. The van der Waals surface area contributed by atoms with E-state index in [0.717, 1.165) is 47.7 Å². The summed E-state index contributed by atoms with van der Waals surface area (Å²) in [6, 6.07) is 39.1. The van der Waals surface area contributed by atoms with Gasteiger partial charge >= 0.3 is 0 Å². The Hall–Kier alpha value is -6.21. The van der Waals surface area contributed by atoms with Crippen LogP contribution in [0.25, 0.3) is 108 Å². The Morgan fingerprint density at radius 1 is 0.431 bits per heavy atom. The highest BCUT2D eigenvalue weighted by molar-refractivity contribution is 7.26. The van der Waals surface area contributed by atoms with E-state index in [0.29, 0.717) is 17.0 Å². The van der Waals surface area contributed by atoms with Crippen LogP contribution in [-0.2, 0) is 0 Å². The predicted octanol–water partition coefficient (Wildman–Crippen LogP) is 13.2. The summed E-state index contributed by atoms with van der Waals surface area (Å²) < 4.78 is 53.5. The molecule has 0 radical (unpaired) electrons. The average Bonchev–Trinajstić information content (AvgIpc) is 3.93. The number of rotatable bonds is 4. The minimum Gasteiger partial charge on any atom is -0.456 e. The van der Waals surface area contributed by atoms with Gasteiger partial charge in [0.1, 0.15) is 11.2 Å². The van der Waals surface area contributed by atoms with Gasteiger partial charge in [0.15, 0.2) is 17.5 Å². The zero-order chi connectivity index (χ0) is 37.8. The van der Waals surface area contributed by atoms with Crippen molar-refractivity contribution in [2.45, 2.75) is 0 Å². The molecular weight excluding hydrogens is 663 g/mol. The number of furan rings is 1. The van der Waals surface area contributed by atoms with E-state index in [9.17, 15) is 0 Å². The monoisotopic (exact) mass is 692 g/mol. The molecule has 6 heteroatoms. The standard InChI is InChI=1S/C45H25N3OS2/c1-2-10-26(11-3-1)43-46-44(48-45(47-43)35-17-9-16-34-32-13-5-7-19-40(32)51-42(34)35)28-20-22-30-36-24-27(21-23-37(36)49-38(30)25-28)29-14-8-15-33-31-12-4-6-18-39(31)50-41(29)33/h1-25H/i1D,2D,3D,10D,11D. The minimum atomic E-state index is -0.479. The molecule has 4 nitrogen and oxygen atoms in total. The molecule has 0 spiro atoms. The largest absolute Gasteiger partial charge is 0.456 e. The third-order valence-electron chi connectivity index (χ3n) is 9.45. The molecule has 51 heavy (non-hydrogen) atoms. The number of hydrogen-bond donors (Lipinski definition) is 0. The molecule has 7 aromatic carbocycles. The molecule has 11 rings (SSSR count). The maximum Gasteiger partial charge on any atom is 0.165 e. The maximum atomic E-state index is 8.76. The zero-order valence-electron chi connectivity index (χ0n) is 31.6. The number of aromatic nitrogens is 3. The summed E-state index contributed by atoms with van der Waals surface area (Å²) in [4.78, 5) is 14.6. The van der Waals surface area contributed by atoms with E-state index in [-0.39, 0.29) is 29.3 Å². The van der Waals surface area contributed by atoms with Crippen LogP contribution in [0.15, 0.2) is 156 Å². The summed E-state index contributed by atoms with van der Waals surface area (Å²) in [5.41, 5.74) is 4.96. The van der Waals surface area contributed by atoms with Gasteiger partial charge in [0.25, 0.3) is 0 Å². The molecule has 0 atom stereocenters. The molecule has 238 valence electrons. The lowest BCUT2D eigenvalue weighted by molar-refractivity contribution is 0.669. The van der Waals surface area contributed by atoms with Crippen LogP contribution in [0, 0.1) is 0 Å². The second-order valence-corrected chi connectivity index (χ2v) is 14.5. The Morgan fingerprint density at radius 3 is 1.78 bits per heavy atom. The SMILES string of the molecule is [2H]c1c([2H])c([2H])c(-c2nc(-c3ccc4c(c3)oc3ccc(-c5cccc6c5sc5ccccc56)cc34)nc(-c3cccc4c3sc3ccccc34)n2)c([2H])c1[2H]. The molecular formula is C45H25N3OS2.